The van der Waals surface area contributed by atoms with Crippen LogP contribution in [0.4, 0.5) is 4.79 Å². The molecule has 1 saturated heterocycles. The van der Waals surface area contributed by atoms with Crippen LogP contribution in [-0.2, 0) is 11.2 Å². The quantitative estimate of drug-likeness (QED) is 0.919. The lowest BCUT2D eigenvalue weighted by Crippen LogP contribution is -2.56. The first-order chi connectivity index (χ1) is 11.3. The number of nitrogens with one attached hydrogen (secondary N) is 1. The summed E-state index contributed by atoms with van der Waals surface area (Å²) in [6.45, 7) is 8.16. The third kappa shape index (κ3) is 5.15. The largest absolute Gasteiger partial charge is 0.497 e. The summed E-state index contributed by atoms with van der Waals surface area (Å²) >= 11 is 0. The van der Waals surface area contributed by atoms with Crippen LogP contribution in [0.15, 0.2) is 24.3 Å². The molecule has 3 amide bonds. The zero-order chi connectivity index (χ0) is 17.7. The Morgan fingerprint density at radius 3 is 2.08 bits per heavy atom. The van der Waals surface area contributed by atoms with Gasteiger partial charge in [0.2, 0.25) is 5.91 Å². The number of carbonyl (C=O) groups is 2. The predicted molar refractivity (Wildman–Crippen MR) is 93.1 cm³/mol. The molecule has 0 atom stereocenters. The van der Waals surface area contributed by atoms with Crippen molar-refractivity contribution in [3.63, 3.8) is 0 Å². The van der Waals surface area contributed by atoms with Gasteiger partial charge in [-0.1, -0.05) is 12.1 Å². The van der Waals surface area contributed by atoms with Crippen molar-refractivity contribution in [3.05, 3.63) is 29.8 Å². The van der Waals surface area contributed by atoms with Gasteiger partial charge >= 0.3 is 6.03 Å². The second kappa shape index (κ2) is 7.55. The van der Waals surface area contributed by atoms with E-state index in [9.17, 15) is 9.59 Å². The molecule has 1 aliphatic rings. The van der Waals surface area contributed by atoms with Crippen LogP contribution >= 0.6 is 0 Å². The van der Waals surface area contributed by atoms with E-state index in [1.807, 2.05) is 49.9 Å². The third-order valence-electron chi connectivity index (χ3n) is 3.92. The zero-order valence-corrected chi connectivity index (χ0v) is 15.0. The van der Waals surface area contributed by atoms with E-state index >= 15 is 0 Å². The first-order valence-corrected chi connectivity index (χ1v) is 8.26. The van der Waals surface area contributed by atoms with E-state index in [4.69, 9.17) is 4.74 Å². The van der Waals surface area contributed by atoms with Gasteiger partial charge in [0.05, 0.1) is 13.5 Å². The van der Waals surface area contributed by atoms with Gasteiger partial charge in [-0.25, -0.2) is 4.79 Å². The molecule has 1 N–H and O–H groups in total. The smallest absolute Gasteiger partial charge is 0.317 e. The van der Waals surface area contributed by atoms with Crippen molar-refractivity contribution in [1.82, 2.24) is 15.1 Å². The van der Waals surface area contributed by atoms with E-state index in [0.29, 0.717) is 32.6 Å². The number of rotatable bonds is 3. The minimum Gasteiger partial charge on any atom is -0.497 e. The molecular formula is C18H27N3O3. The number of piperazine rings is 1. The molecule has 6 heteroatoms. The number of hydrogen-bond donors (Lipinski definition) is 1. The molecule has 1 aromatic rings. The monoisotopic (exact) mass is 333 g/mol. The van der Waals surface area contributed by atoms with Crippen LogP contribution in [0.25, 0.3) is 0 Å². The van der Waals surface area contributed by atoms with Crippen LogP contribution in [-0.4, -0.2) is 60.6 Å². The summed E-state index contributed by atoms with van der Waals surface area (Å²) in [4.78, 5) is 28.1. The summed E-state index contributed by atoms with van der Waals surface area (Å²) in [5, 5.41) is 2.96. The Labute approximate surface area is 143 Å². The summed E-state index contributed by atoms with van der Waals surface area (Å²) in [6, 6.07) is 7.47. The number of amides is 3. The summed E-state index contributed by atoms with van der Waals surface area (Å²) in [7, 11) is 1.62. The lowest BCUT2D eigenvalue weighted by molar-refractivity contribution is -0.131. The summed E-state index contributed by atoms with van der Waals surface area (Å²) in [5.41, 5.74) is 0.715. The van der Waals surface area contributed by atoms with Crippen molar-refractivity contribution >= 4 is 11.9 Å². The van der Waals surface area contributed by atoms with Gasteiger partial charge in [0.15, 0.2) is 0 Å². The molecule has 0 unspecified atom stereocenters. The van der Waals surface area contributed by atoms with E-state index in [0.717, 1.165) is 11.3 Å². The predicted octanol–water partition coefficient (Wildman–Crippen LogP) is 1.89. The number of ether oxygens (including phenoxy) is 1. The Bertz CT molecular complexity index is 570. The van der Waals surface area contributed by atoms with Crippen LogP contribution in [0.3, 0.4) is 0 Å². The average molecular weight is 333 g/mol. The fraction of sp³-hybridized carbons (Fsp3) is 0.556. The van der Waals surface area contributed by atoms with E-state index < -0.39 is 0 Å². The minimum absolute atomic E-state index is 0.0650. The maximum atomic E-state index is 12.4. The van der Waals surface area contributed by atoms with Gasteiger partial charge in [-0.15, -0.1) is 0 Å². The number of benzene rings is 1. The molecule has 1 aliphatic heterocycles. The highest BCUT2D eigenvalue weighted by Crippen LogP contribution is 2.13. The molecule has 1 aromatic carbocycles. The molecule has 6 nitrogen and oxygen atoms in total. The SMILES string of the molecule is COc1ccc(CC(=O)N2CCN(C(=O)NC(C)(C)C)CC2)cc1. The Balaban J connectivity index is 1.82. The van der Waals surface area contributed by atoms with E-state index in [1.165, 1.54) is 0 Å². The van der Waals surface area contributed by atoms with E-state index in [1.54, 1.807) is 12.0 Å². The van der Waals surface area contributed by atoms with Gasteiger partial charge in [0.25, 0.3) is 0 Å². The molecule has 132 valence electrons. The van der Waals surface area contributed by atoms with Crippen LogP contribution in [0.1, 0.15) is 26.3 Å². The first-order valence-electron chi connectivity index (χ1n) is 8.26. The molecule has 0 radical (unpaired) electrons. The molecule has 0 spiro atoms. The second-order valence-electron chi connectivity index (χ2n) is 7.07. The van der Waals surface area contributed by atoms with Gasteiger partial charge in [0, 0.05) is 31.7 Å². The molecular weight excluding hydrogens is 306 g/mol. The van der Waals surface area contributed by atoms with Crippen LogP contribution in [0.2, 0.25) is 0 Å². The molecule has 1 heterocycles. The maximum Gasteiger partial charge on any atom is 0.317 e. The Morgan fingerprint density at radius 1 is 1.04 bits per heavy atom. The first kappa shape index (κ1) is 18.1. The lowest BCUT2D eigenvalue weighted by atomic mass is 10.1. The van der Waals surface area contributed by atoms with Crippen molar-refractivity contribution in [2.45, 2.75) is 32.7 Å². The van der Waals surface area contributed by atoms with Crippen LogP contribution < -0.4 is 10.1 Å². The Hall–Kier alpha value is -2.24. The fourth-order valence-electron chi connectivity index (χ4n) is 2.59. The lowest BCUT2D eigenvalue weighted by Gasteiger charge is -2.36. The normalized spacial score (nSPS) is 15.2. The molecule has 2 rings (SSSR count). The maximum absolute atomic E-state index is 12.4. The molecule has 24 heavy (non-hydrogen) atoms. The molecule has 0 saturated carbocycles. The molecule has 0 aromatic heterocycles. The van der Waals surface area contributed by atoms with Crippen LogP contribution in [0, 0.1) is 0 Å². The highest BCUT2D eigenvalue weighted by molar-refractivity contribution is 5.79. The fourth-order valence-corrected chi connectivity index (χ4v) is 2.59. The van der Waals surface area contributed by atoms with Gasteiger partial charge in [0.1, 0.15) is 5.75 Å². The second-order valence-corrected chi connectivity index (χ2v) is 7.07. The highest BCUT2D eigenvalue weighted by Gasteiger charge is 2.26. The van der Waals surface area contributed by atoms with Crippen molar-refractivity contribution in [2.75, 3.05) is 33.3 Å². The highest BCUT2D eigenvalue weighted by atomic mass is 16.5. The summed E-state index contributed by atoms with van der Waals surface area (Å²) < 4.78 is 5.12. The topological polar surface area (TPSA) is 61.9 Å². The van der Waals surface area contributed by atoms with Crippen molar-refractivity contribution in [3.8, 4) is 5.75 Å². The van der Waals surface area contributed by atoms with Crippen molar-refractivity contribution < 1.29 is 14.3 Å². The number of urea groups is 1. The minimum atomic E-state index is -0.252. The van der Waals surface area contributed by atoms with E-state index in [-0.39, 0.29) is 17.5 Å². The molecule has 0 bridgehead atoms. The van der Waals surface area contributed by atoms with Crippen LogP contribution in [0.5, 0.6) is 5.75 Å². The number of carbonyl (C=O) groups excluding carboxylic acids is 2. The van der Waals surface area contributed by atoms with Gasteiger partial charge in [-0.3, -0.25) is 4.79 Å². The third-order valence-corrected chi connectivity index (χ3v) is 3.92. The molecule has 1 fully saturated rings. The van der Waals surface area contributed by atoms with Gasteiger partial charge in [-0.2, -0.15) is 0 Å². The van der Waals surface area contributed by atoms with Gasteiger partial charge < -0.3 is 19.9 Å². The van der Waals surface area contributed by atoms with Gasteiger partial charge in [-0.05, 0) is 38.5 Å². The van der Waals surface area contributed by atoms with Crippen molar-refractivity contribution in [2.24, 2.45) is 0 Å². The van der Waals surface area contributed by atoms with Crippen molar-refractivity contribution in [1.29, 1.82) is 0 Å². The summed E-state index contributed by atoms with van der Waals surface area (Å²) in [5.74, 6) is 0.876. The number of nitrogens with zero attached hydrogens (tertiary/aromatic N) is 2. The Morgan fingerprint density at radius 2 is 1.58 bits per heavy atom. The number of methoxy groups -OCH3 is 1. The summed E-state index contributed by atoms with van der Waals surface area (Å²) in [6.07, 6.45) is 0.373. The Kier molecular flexibility index (Phi) is 5.70. The molecule has 0 aliphatic carbocycles. The average Bonchev–Trinajstić information content (AvgIpc) is 2.54. The zero-order valence-electron chi connectivity index (χ0n) is 15.0. The standard InChI is InChI=1S/C18H27N3O3/c1-18(2,3)19-17(23)21-11-9-20(10-12-21)16(22)13-14-5-7-15(24-4)8-6-14/h5-8H,9-13H2,1-4H3,(H,19,23). The number of hydrogen-bond acceptors (Lipinski definition) is 3. The van der Waals surface area contributed by atoms with E-state index in [2.05, 4.69) is 5.32 Å².